The van der Waals surface area contributed by atoms with E-state index in [0.29, 0.717) is 0 Å². The van der Waals surface area contributed by atoms with Crippen molar-refractivity contribution in [1.29, 1.82) is 0 Å². The van der Waals surface area contributed by atoms with Crippen molar-refractivity contribution in [3.05, 3.63) is 22.3 Å². The van der Waals surface area contributed by atoms with Gasteiger partial charge in [-0.05, 0) is 12.5 Å². The van der Waals surface area contributed by atoms with Gasteiger partial charge in [0.2, 0.25) is 0 Å². The molecule has 0 aromatic carbocycles. The highest BCUT2D eigenvalue weighted by molar-refractivity contribution is 5.95. The molecular weight excluding hydrogens is 138 g/mol. The fraction of sp³-hybridized carbons (Fsp3) is 0.400. The molecule has 0 aromatic heterocycles. The molecule has 0 radical (unpaired) electrons. The molecule has 0 fully saturated rings. The Bertz CT molecular complexity index is 174. The summed E-state index contributed by atoms with van der Waals surface area (Å²) in [6.07, 6.45) is 0. The predicted molar refractivity (Wildman–Crippen MR) is 32.8 cm³/mol. The number of hydrogen-bond donors (Lipinski definition) is 0. The SMILES string of the molecule is C=C(C)C(=O)CO[N+](=O)[O-]. The van der Waals surface area contributed by atoms with E-state index in [-0.39, 0.29) is 5.57 Å². The highest BCUT2D eigenvalue weighted by Gasteiger charge is 2.04. The maximum Gasteiger partial charge on any atom is 0.294 e. The first-order valence-electron chi connectivity index (χ1n) is 2.50. The van der Waals surface area contributed by atoms with E-state index in [9.17, 15) is 14.9 Å². The summed E-state index contributed by atoms with van der Waals surface area (Å²) in [4.78, 5) is 23.8. The van der Waals surface area contributed by atoms with Crippen LogP contribution >= 0.6 is 0 Å². The van der Waals surface area contributed by atoms with E-state index in [1.54, 1.807) is 0 Å². The number of carbonyl (C=O) groups is 1. The van der Waals surface area contributed by atoms with Gasteiger partial charge in [-0.1, -0.05) is 6.58 Å². The minimum atomic E-state index is -1.01. The van der Waals surface area contributed by atoms with Crippen molar-refractivity contribution in [3.8, 4) is 0 Å². The van der Waals surface area contributed by atoms with Crippen LogP contribution in [-0.2, 0) is 9.63 Å². The zero-order chi connectivity index (χ0) is 8.15. The van der Waals surface area contributed by atoms with Gasteiger partial charge >= 0.3 is 0 Å². The lowest BCUT2D eigenvalue weighted by atomic mass is 10.2. The molecule has 0 bridgehead atoms. The third-order valence-corrected chi connectivity index (χ3v) is 0.777. The van der Waals surface area contributed by atoms with Crippen molar-refractivity contribution in [2.45, 2.75) is 6.92 Å². The van der Waals surface area contributed by atoms with E-state index in [2.05, 4.69) is 11.4 Å². The maximum atomic E-state index is 10.5. The third-order valence-electron chi connectivity index (χ3n) is 0.777. The minimum Gasteiger partial charge on any atom is -0.306 e. The Hall–Kier alpha value is -1.39. The van der Waals surface area contributed by atoms with Crippen LogP contribution in [0.25, 0.3) is 0 Å². The molecule has 56 valence electrons. The first-order chi connectivity index (χ1) is 4.54. The molecular formula is C5H7NO4. The standard InChI is InChI=1S/C5H7NO4/c1-4(2)5(7)3-10-6(8)9/h1,3H2,2H3. The summed E-state index contributed by atoms with van der Waals surface area (Å²) in [7, 11) is 0. The molecule has 5 heteroatoms. The maximum absolute atomic E-state index is 10.5. The van der Waals surface area contributed by atoms with Crippen LogP contribution in [0.15, 0.2) is 12.2 Å². The zero-order valence-corrected chi connectivity index (χ0v) is 5.49. The van der Waals surface area contributed by atoms with Crippen molar-refractivity contribution >= 4 is 5.78 Å². The number of hydrogen-bond acceptors (Lipinski definition) is 4. The Morgan fingerprint density at radius 1 is 1.80 bits per heavy atom. The van der Waals surface area contributed by atoms with Crippen LogP contribution in [0.4, 0.5) is 0 Å². The largest absolute Gasteiger partial charge is 0.306 e. The molecule has 0 aliphatic carbocycles. The zero-order valence-electron chi connectivity index (χ0n) is 5.49. The summed E-state index contributed by atoms with van der Waals surface area (Å²) in [6, 6.07) is 0. The van der Waals surface area contributed by atoms with Gasteiger partial charge in [-0.2, -0.15) is 0 Å². The van der Waals surface area contributed by atoms with E-state index in [1.807, 2.05) is 0 Å². The Morgan fingerprint density at radius 3 is 2.60 bits per heavy atom. The monoisotopic (exact) mass is 145 g/mol. The molecule has 0 saturated heterocycles. The number of Topliss-reactive ketones (excluding diaryl/α,β-unsaturated/α-hetero) is 1. The van der Waals surface area contributed by atoms with Gasteiger partial charge in [0.1, 0.15) is 0 Å². The van der Waals surface area contributed by atoms with Crippen LogP contribution in [-0.4, -0.2) is 17.5 Å². The molecule has 0 saturated carbocycles. The number of ketones is 1. The molecule has 0 atom stereocenters. The van der Waals surface area contributed by atoms with Crippen molar-refractivity contribution < 1.29 is 14.7 Å². The van der Waals surface area contributed by atoms with Gasteiger partial charge in [0.05, 0.1) is 0 Å². The molecule has 0 unspecified atom stereocenters. The average molecular weight is 145 g/mol. The second-order valence-corrected chi connectivity index (χ2v) is 1.70. The first kappa shape index (κ1) is 8.61. The lowest BCUT2D eigenvalue weighted by Crippen LogP contribution is -2.12. The van der Waals surface area contributed by atoms with Gasteiger partial charge in [-0.15, -0.1) is 10.1 Å². The molecule has 0 aliphatic heterocycles. The van der Waals surface area contributed by atoms with E-state index in [1.165, 1.54) is 6.92 Å². The van der Waals surface area contributed by atoms with Gasteiger partial charge in [-0.3, -0.25) is 4.79 Å². The second-order valence-electron chi connectivity index (χ2n) is 1.70. The van der Waals surface area contributed by atoms with Gasteiger partial charge in [-0.25, -0.2) is 0 Å². The fourth-order valence-corrected chi connectivity index (χ4v) is 0.235. The van der Waals surface area contributed by atoms with Crippen molar-refractivity contribution in [2.24, 2.45) is 0 Å². The van der Waals surface area contributed by atoms with Crippen LogP contribution in [0.5, 0.6) is 0 Å². The quantitative estimate of drug-likeness (QED) is 0.325. The van der Waals surface area contributed by atoms with E-state index in [0.717, 1.165) is 0 Å². The molecule has 0 N–H and O–H groups in total. The van der Waals surface area contributed by atoms with E-state index >= 15 is 0 Å². The van der Waals surface area contributed by atoms with E-state index in [4.69, 9.17) is 0 Å². The van der Waals surface area contributed by atoms with Gasteiger partial charge in [0, 0.05) is 0 Å². The van der Waals surface area contributed by atoms with Crippen molar-refractivity contribution in [1.82, 2.24) is 0 Å². The smallest absolute Gasteiger partial charge is 0.294 e. The Kier molecular flexibility index (Phi) is 3.10. The molecule has 5 nitrogen and oxygen atoms in total. The Morgan fingerprint density at radius 2 is 2.30 bits per heavy atom. The summed E-state index contributed by atoms with van der Waals surface area (Å²) in [5.41, 5.74) is 0.252. The van der Waals surface area contributed by atoms with Crippen LogP contribution in [0.2, 0.25) is 0 Å². The van der Waals surface area contributed by atoms with Crippen LogP contribution in [0.3, 0.4) is 0 Å². The third kappa shape index (κ3) is 3.59. The van der Waals surface area contributed by atoms with Crippen LogP contribution < -0.4 is 0 Å². The molecule has 0 heterocycles. The van der Waals surface area contributed by atoms with E-state index < -0.39 is 17.5 Å². The van der Waals surface area contributed by atoms with Crippen molar-refractivity contribution in [3.63, 3.8) is 0 Å². The van der Waals surface area contributed by atoms with Gasteiger partial charge in [0.15, 0.2) is 12.4 Å². The van der Waals surface area contributed by atoms with Gasteiger partial charge < -0.3 is 4.84 Å². The average Bonchev–Trinajstić information content (AvgIpc) is 1.82. The molecule has 0 aromatic rings. The summed E-state index contributed by atoms with van der Waals surface area (Å²) >= 11 is 0. The highest BCUT2D eigenvalue weighted by atomic mass is 16.9. The Labute approximate surface area is 57.4 Å². The molecule has 0 spiro atoms. The van der Waals surface area contributed by atoms with Crippen molar-refractivity contribution in [2.75, 3.05) is 6.61 Å². The lowest BCUT2D eigenvalue weighted by molar-refractivity contribution is -0.754. The number of nitrogens with zero attached hydrogens (tertiary/aromatic N) is 1. The summed E-state index contributed by atoms with van der Waals surface area (Å²) < 4.78 is 0. The number of rotatable bonds is 4. The minimum absolute atomic E-state index is 0.252. The fourth-order valence-electron chi connectivity index (χ4n) is 0.235. The topological polar surface area (TPSA) is 69.4 Å². The van der Waals surface area contributed by atoms with Crippen LogP contribution in [0, 0.1) is 10.1 Å². The normalized spacial score (nSPS) is 8.50. The molecule has 0 aliphatic rings. The predicted octanol–water partition coefficient (Wildman–Crippen LogP) is 0.340. The lowest BCUT2D eigenvalue weighted by Gasteiger charge is -1.95. The molecule has 10 heavy (non-hydrogen) atoms. The van der Waals surface area contributed by atoms with Crippen LogP contribution in [0.1, 0.15) is 6.92 Å². The Balaban J connectivity index is 3.60. The molecule has 0 rings (SSSR count). The number of carbonyl (C=O) groups excluding carboxylic acids is 1. The van der Waals surface area contributed by atoms with Gasteiger partial charge in [0.25, 0.3) is 5.09 Å². The second kappa shape index (κ2) is 3.60. The summed E-state index contributed by atoms with van der Waals surface area (Å²) in [5.74, 6) is -0.461. The highest BCUT2D eigenvalue weighted by Crippen LogP contribution is 1.89. The summed E-state index contributed by atoms with van der Waals surface area (Å²) in [5, 5.41) is 8.51. The summed E-state index contributed by atoms with van der Waals surface area (Å²) in [6.45, 7) is 4.21. The molecule has 0 amide bonds. The first-order valence-corrected chi connectivity index (χ1v) is 2.50.